The van der Waals surface area contributed by atoms with Crippen molar-refractivity contribution in [2.75, 3.05) is 23.1 Å². The number of hydrogen-bond acceptors (Lipinski definition) is 10. The number of anilines is 4. The van der Waals surface area contributed by atoms with Crippen LogP contribution in [0.5, 0.6) is 23.3 Å². The molecule has 0 radical (unpaired) electrons. The summed E-state index contributed by atoms with van der Waals surface area (Å²) in [6, 6.07) is 24.2. The van der Waals surface area contributed by atoms with E-state index in [0.717, 1.165) is 16.5 Å². The summed E-state index contributed by atoms with van der Waals surface area (Å²) in [6.45, 7) is 6.14. The topological polar surface area (TPSA) is 180 Å². The Bertz CT molecular complexity index is 2140. The van der Waals surface area contributed by atoms with E-state index in [2.05, 4.69) is 30.9 Å². The van der Waals surface area contributed by atoms with Crippen molar-refractivity contribution in [3.8, 4) is 28.9 Å². The molecule has 6 rings (SSSR count). The summed E-state index contributed by atoms with van der Waals surface area (Å²) in [5.41, 5.74) is 7.44. The molecule has 3 amide bonds. The van der Waals surface area contributed by atoms with Crippen molar-refractivity contribution in [3.63, 3.8) is 0 Å². The van der Waals surface area contributed by atoms with E-state index in [-0.39, 0.29) is 23.0 Å². The maximum atomic E-state index is 13.4. The average Bonchev–Trinajstić information content (AvgIpc) is 3.50. The number of hydrogen-bond donors (Lipinski definition) is 4. The molecule has 0 aliphatic rings. The van der Waals surface area contributed by atoms with Crippen LogP contribution in [-0.2, 0) is 5.41 Å². The Morgan fingerprint density at radius 3 is 2.41 bits per heavy atom. The molecular weight excluding hydrogens is 626 g/mol. The molecule has 0 saturated carbocycles. The van der Waals surface area contributed by atoms with Crippen LogP contribution in [-0.4, -0.2) is 44.0 Å². The molecule has 3 aromatic carbocycles. The van der Waals surface area contributed by atoms with Gasteiger partial charge in [-0.1, -0.05) is 51.1 Å². The number of carbonyl (C=O) groups is 2. The molecule has 14 nitrogen and oxygen atoms in total. The molecule has 6 aromatic rings. The number of methoxy groups -OCH3 is 1. The number of nitrogens with two attached hydrogens (primary N) is 1. The van der Waals surface area contributed by atoms with E-state index < -0.39 is 12.1 Å². The van der Waals surface area contributed by atoms with E-state index in [1.54, 1.807) is 72.7 Å². The van der Waals surface area contributed by atoms with Crippen molar-refractivity contribution < 1.29 is 23.8 Å². The van der Waals surface area contributed by atoms with Crippen molar-refractivity contribution in [1.29, 1.82) is 0 Å². The molecule has 5 N–H and O–H groups in total. The highest BCUT2D eigenvalue weighted by atomic mass is 16.5. The third-order valence-corrected chi connectivity index (χ3v) is 7.18. The second-order valence-electron chi connectivity index (χ2n) is 11.8. The molecule has 0 aliphatic heterocycles. The summed E-state index contributed by atoms with van der Waals surface area (Å²) >= 11 is 0. The van der Waals surface area contributed by atoms with Gasteiger partial charge in [0.2, 0.25) is 17.7 Å². The standard InChI is InChI=1S/C35H33N9O5/c1-35(2,3)28-19-29(44(43-28)22-12-15-30(47-4)38-20-22)41-34(46)40-26-13-14-27(25-11-6-5-10-24(25)26)49-31-16-17-37-33(42-31)39-21-8-7-9-23(18-21)48-32(36)45/h5-20H,1-4H3,(H2,36,45)(H,37,39,42)(H2,40,41,46). The summed E-state index contributed by atoms with van der Waals surface area (Å²) in [5.74, 6) is 2.26. The molecule has 3 heterocycles. The second kappa shape index (κ2) is 13.6. The molecule has 49 heavy (non-hydrogen) atoms. The van der Waals surface area contributed by atoms with E-state index >= 15 is 0 Å². The van der Waals surface area contributed by atoms with Crippen LogP contribution in [0.4, 0.5) is 32.7 Å². The minimum atomic E-state index is -0.914. The summed E-state index contributed by atoms with van der Waals surface area (Å²) in [4.78, 5) is 37.5. The van der Waals surface area contributed by atoms with Crippen LogP contribution in [0.3, 0.4) is 0 Å². The number of aromatic nitrogens is 5. The maximum Gasteiger partial charge on any atom is 0.409 e. The first-order valence-corrected chi connectivity index (χ1v) is 15.1. The lowest BCUT2D eigenvalue weighted by Crippen LogP contribution is -2.21. The number of fused-ring (bicyclic) bond motifs is 1. The Labute approximate surface area is 281 Å². The molecule has 0 unspecified atom stereocenters. The van der Waals surface area contributed by atoms with Gasteiger partial charge in [-0.05, 0) is 30.3 Å². The van der Waals surface area contributed by atoms with Crippen LogP contribution >= 0.6 is 0 Å². The lowest BCUT2D eigenvalue weighted by Gasteiger charge is -2.14. The Morgan fingerprint density at radius 1 is 0.857 bits per heavy atom. The van der Waals surface area contributed by atoms with Crippen LogP contribution in [0.25, 0.3) is 16.5 Å². The fourth-order valence-electron chi connectivity index (χ4n) is 4.85. The third kappa shape index (κ3) is 7.65. The largest absolute Gasteiger partial charge is 0.481 e. The third-order valence-electron chi connectivity index (χ3n) is 7.18. The van der Waals surface area contributed by atoms with Gasteiger partial charge in [-0.25, -0.2) is 24.2 Å². The highest BCUT2D eigenvalue weighted by Gasteiger charge is 2.22. The Kier molecular flexibility index (Phi) is 8.93. The summed E-state index contributed by atoms with van der Waals surface area (Å²) in [7, 11) is 1.55. The minimum Gasteiger partial charge on any atom is -0.481 e. The first-order valence-electron chi connectivity index (χ1n) is 15.1. The van der Waals surface area contributed by atoms with Crippen molar-refractivity contribution in [2.24, 2.45) is 5.73 Å². The average molecular weight is 660 g/mol. The van der Waals surface area contributed by atoms with Gasteiger partial charge in [-0.2, -0.15) is 10.1 Å². The predicted octanol–water partition coefficient (Wildman–Crippen LogP) is 7.15. The predicted molar refractivity (Wildman–Crippen MR) is 185 cm³/mol. The van der Waals surface area contributed by atoms with E-state index in [4.69, 9.17) is 25.0 Å². The van der Waals surface area contributed by atoms with Gasteiger partial charge in [0, 0.05) is 52.3 Å². The van der Waals surface area contributed by atoms with Crippen LogP contribution < -0.4 is 35.9 Å². The number of urea groups is 1. The summed E-state index contributed by atoms with van der Waals surface area (Å²) in [5, 5.41) is 15.2. The zero-order valence-electron chi connectivity index (χ0n) is 27.1. The van der Waals surface area contributed by atoms with Gasteiger partial charge in [0.1, 0.15) is 17.3 Å². The van der Waals surface area contributed by atoms with Gasteiger partial charge in [0.25, 0.3) is 0 Å². The molecule has 0 spiro atoms. The lowest BCUT2D eigenvalue weighted by molar-refractivity contribution is 0.211. The smallest absolute Gasteiger partial charge is 0.409 e. The number of primary amides is 1. The van der Waals surface area contributed by atoms with Gasteiger partial charge in [-0.15, -0.1) is 0 Å². The molecule has 3 aromatic heterocycles. The molecule has 0 fully saturated rings. The number of rotatable bonds is 9. The highest BCUT2D eigenvalue weighted by molar-refractivity contribution is 6.07. The Hall–Kier alpha value is -6.70. The number of nitrogens with one attached hydrogen (secondary N) is 3. The number of carbonyl (C=O) groups excluding carboxylic acids is 2. The van der Waals surface area contributed by atoms with Crippen LogP contribution in [0.2, 0.25) is 0 Å². The fraction of sp³-hybridized carbons (Fsp3) is 0.143. The van der Waals surface area contributed by atoms with Gasteiger partial charge >= 0.3 is 12.1 Å². The number of benzene rings is 3. The van der Waals surface area contributed by atoms with Crippen LogP contribution in [0, 0.1) is 0 Å². The molecule has 0 bridgehead atoms. The van der Waals surface area contributed by atoms with Crippen molar-refractivity contribution in [2.45, 2.75) is 26.2 Å². The lowest BCUT2D eigenvalue weighted by atomic mass is 9.92. The van der Waals surface area contributed by atoms with Gasteiger partial charge in [0.05, 0.1) is 30.4 Å². The number of amides is 3. The monoisotopic (exact) mass is 659 g/mol. The van der Waals surface area contributed by atoms with Gasteiger partial charge in [0.15, 0.2) is 0 Å². The normalized spacial score (nSPS) is 11.1. The number of nitrogens with zero attached hydrogens (tertiary/aromatic N) is 5. The number of pyridine rings is 1. The van der Waals surface area contributed by atoms with Gasteiger partial charge < -0.3 is 30.6 Å². The quantitative estimate of drug-likeness (QED) is 0.124. The minimum absolute atomic E-state index is 0.257. The van der Waals surface area contributed by atoms with Gasteiger partial charge in [-0.3, -0.25) is 5.32 Å². The first kappa shape index (κ1) is 32.2. The molecular formula is C35H33N9O5. The molecule has 14 heteroatoms. The zero-order chi connectivity index (χ0) is 34.5. The number of ether oxygens (including phenoxy) is 3. The molecule has 0 atom stereocenters. The van der Waals surface area contributed by atoms with E-state index in [1.807, 2.05) is 57.2 Å². The molecule has 248 valence electrons. The zero-order valence-corrected chi connectivity index (χ0v) is 27.1. The fourth-order valence-corrected chi connectivity index (χ4v) is 4.85. The van der Waals surface area contributed by atoms with E-state index in [9.17, 15) is 9.59 Å². The van der Waals surface area contributed by atoms with E-state index in [0.29, 0.717) is 34.5 Å². The SMILES string of the molecule is COc1ccc(-n2nc(C(C)(C)C)cc2NC(=O)Nc2ccc(Oc3ccnc(Nc4cccc(OC(N)=O)c4)n3)c3ccccc23)cn1. The van der Waals surface area contributed by atoms with Crippen molar-refractivity contribution >= 4 is 46.0 Å². The second-order valence-corrected chi connectivity index (χ2v) is 11.8. The van der Waals surface area contributed by atoms with Crippen molar-refractivity contribution in [3.05, 3.63) is 103 Å². The van der Waals surface area contributed by atoms with Crippen LogP contribution in [0.1, 0.15) is 26.5 Å². The van der Waals surface area contributed by atoms with Crippen molar-refractivity contribution in [1.82, 2.24) is 24.7 Å². The molecule has 0 saturated heterocycles. The Morgan fingerprint density at radius 2 is 1.67 bits per heavy atom. The summed E-state index contributed by atoms with van der Waals surface area (Å²) < 4.78 is 17.9. The molecule has 0 aliphatic carbocycles. The first-order chi connectivity index (χ1) is 23.6. The van der Waals surface area contributed by atoms with E-state index in [1.165, 1.54) is 0 Å². The summed E-state index contributed by atoms with van der Waals surface area (Å²) in [6.07, 6.45) is 2.26. The highest BCUT2D eigenvalue weighted by Crippen LogP contribution is 2.35. The van der Waals surface area contributed by atoms with Crippen LogP contribution in [0.15, 0.2) is 97.3 Å². The Balaban J connectivity index is 1.21. The maximum absolute atomic E-state index is 13.4.